The lowest BCUT2D eigenvalue weighted by Crippen LogP contribution is -2.36. The van der Waals surface area contributed by atoms with Crippen LogP contribution in [0.3, 0.4) is 0 Å². The molecule has 4 nitrogen and oxygen atoms in total. The molecule has 0 heterocycles. The Morgan fingerprint density at radius 1 is 1.17 bits per heavy atom. The fourth-order valence-electron chi connectivity index (χ4n) is 2.36. The molecule has 2 aromatic carbocycles. The minimum absolute atomic E-state index is 0.0905. The molecule has 0 aliphatic rings. The van der Waals surface area contributed by atoms with Crippen molar-refractivity contribution in [3.8, 4) is 5.75 Å². The van der Waals surface area contributed by atoms with Gasteiger partial charge in [0, 0.05) is 6.54 Å². The highest BCUT2D eigenvalue weighted by atomic mass is 16.5. The molecule has 1 atom stereocenters. The molecule has 122 valence electrons. The van der Waals surface area contributed by atoms with Gasteiger partial charge in [-0.15, -0.1) is 0 Å². The topological polar surface area (TPSA) is 50.4 Å². The molecule has 0 spiro atoms. The molecule has 0 radical (unpaired) electrons. The fourth-order valence-corrected chi connectivity index (χ4v) is 2.36. The van der Waals surface area contributed by atoms with Crippen molar-refractivity contribution < 1.29 is 9.53 Å². The zero-order valence-corrected chi connectivity index (χ0v) is 13.9. The Labute approximate surface area is 137 Å². The van der Waals surface area contributed by atoms with Gasteiger partial charge in [-0.05, 0) is 49.6 Å². The third-order valence-electron chi connectivity index (χ3n) is 3.72. The zero-order chi connectivity index (χ0) is 16.7. The van der Waals surface area contributed by atoms with Crippen molar-refractivity contribution in [2.45, 2.75) is 33.4 Å². The van der Waals surface area contributed by atoms with Gasteiger partial charge in [0.15, 0.2) is 0 Å². The maximum atomic E-state index is 12.1. The van der Waals surface area contributed by atoms with E-state index in [4.69, 9.17) is 4.74 Å². The molecule has 2 amide bonds. The van der Waals surface area contributed by atoms with Crippen LogP contribution in [0, 0.1) is 6.92 Å². The van der Waals surface area contributed by atoms with Crippen LogP contribution in [0.5, 0.6) is 5.75 Å². The highest BCUT2D eigenvalue weighted by Gasteiger charge is 2.10. The summed E-state index contributed by atoms with van der Waals surface area (Å²) in [6.07, 6.45) is 0. The second-order valence-corrected chi connectivity index (χ2v) is 5.48. The van der Waals surface area contributed by atoms with Crippen LogP contribution in [-0.2, 0) is 6.54 Å². The first-order chi connectivity index (χ1) is 11.1. The van der Waals surface area contributed by atoms with E-state index in [1.54, 1.807) is 0 Å². The van der Waals surface area contributed by atoms with Gasteiger partial charge in [0.05, 0.1) is 12.6 Å². The van der Waals surface area contributed by atoms with E-state index < -0.39 is 0 Å². The van der Waals surface area contributed by atoms with Crippen molar-refractivity contribution in [1.82, 2.24) is 10.6 Å². The Balaban J connectivity index is 1.89. The molecule has 1 unspecified atom stereocenters. The highest BCUT2D eigenvalue weighted by molar-refractivity contribution is 5.74. The first-order valence-corrected chi connectivity index (χ1v) is 7.91. The summed E-state index contributed by atoms with van der Waals surface area (Å²) in [5.41, 5.74) is 3.31. The molecule has 23 heavy (non-hydrogen) atoms. The van der Waals surface area contributed by atoms with Crippen LogP contribution in [0.4, 0.5) is 4.79 Å². The summed E-state index contributed by atoms with van der Waals surface area (Å²) in [6, 6.07) is 15.5. The fraction of sp³-hybridized carbons (Fsp3) is 0.316. The lowest BCUT2D eigenvalue weighted by Gasteiger charge is -2.16. The number of carbonyl (C=O) groups excluding carboxylic acids is 1. The number of nitrogens with one attached hydrogen (secondary N) is 2. The number of benzene rings is 2. The molecule has 0 saturated heterocycles. The number of amides is 2. The molecule has 0 aliphatic heterocycles. The standard InChI is InChI=1S/C19H24N2O2/c1-4-23-18-11-7-10-16(12-18)15(3)21-19(22)20-13-17-9-6-5-8-14(17)2/h5-12,15H,4,13H2,1-3H3,(H2,20,21,22). The van der Waals surface area contributed by atoms with E-state index in [2.05, 4.69) is 10.6 Å². The van der Waals surface area contributed by atoms with Crippen molar-refractivity contribution in [1.29, 1.82) is 0 Å². The lowest BCUT2D eigenvalue weighted by molar-refractivity contribution is 0.237. The summed E-state index contributed by atoms with van der Waals surface area (Å²) in [5.74, 6) is 0.818. The Bertz CT molecular complexity index is 655. The van der Waals surface area contributed by atoms with Gasteiger partial charge in [-0.1, -0.05) is 36.4 Å². The highest BCUT2D eigenvalue weighted by Crippen LogP contribution is 2.19. The molecular weight excluding hydrogens is 288 g/mol. The second kappa shape index (κ2) is 8.22. The Morgan fingerprint density at radius 3 is 2.70 bits per heavy atom. The molecule has 0 bridgehead atoms. The average Bonchev–Trinajstić information content (AvgIpc) is 2.54. The number of aryl methyl sites for hydroxylation is 1. The van der Waals surface area contributed by atoms with Gasteiger partial charge in [0.1, 0.15) is 5.75 Å². The molecule has 0 aliphatic carbocycles. The number of hydrogen-bond donors (Lipinski definition) is 2. The number of ether oxygens (including phenoxy) is 1. The summed E-state index contributed by atoms with van der Waals surface area (Å²) in [6.45, 7) is 7.09. The summed E-state index contributed by atoms with van der Waals surface area (Å²) in [4.78, 5) is 12.1. The predicted molar refractivity (Wildman–Crippen MR) is 92.6 cm³/mol. The van der Waals surface area contributed by atoms with E-state index >= 15 is 0 Å². The van der Waals surface area contributed by atoms with Crippen molar-refractivity contribution in [2.75, 3.05) is 6.61 Å². The zero-order valence-electron chi connectivity index (χ0n) is 13.9. The van der Waals surface area contributed by atoms with E-state index in [9.17, 15) is 4.79 Å². The molecule has 2 rings (SSSR count). The van der Waals surface area contributed by atoms with Crippen LogP contribution in [-0.4, -0.2) is 12.6 Å². The van der Waals surface area contributed by atoms with Crippen LogP contribution in [0.25, 0.3) is 0 Å². The van der Waals surface area contributed by atoms with E-state index in [1.165, 1.54) is 5.56 Å². The maximum absolute atomic E-state index is 12.1. The van der Waals surface area contributed by atoms with Crippen LogP contribution in [0.1, 0.15) is 36.6 Å². The molecular formula is C19H24N2O2. The molecule has 0 saturated carbocycles. The number of urea groups is 1. The summed E-state index contributed by atoms with van der Waals surface area (Å²) < 4.78 is 5.49. The quantitative estimate of drug-likeness (QED) is 0.848. The third-order valence-corrected chi connectivity index (χ3v) is 3.72. The Kier molecular flexibility index (Phi) is 6.03. The molecule has 0 fully saturated rings. The van der Waals surface area contributed by atoms with E-state index in [-0.39, 0.29) is 12.1 Å². The molecule has 2 N–H and O–H groups in total. The largest absolute Gasteiger partial charge is 0.494 e. The minimum atomic E-state index is -0.178. The van der Waals surface area contributed by atoms with E-state index in [0.717, 1.165) is 16.9 Å². The average molecular weight is 312 g/mol. The second-order valence-electron chi connectivity index (χ2n) is 5.48. The van der Waals surface area contributed by atoms with Gasteiger partial charge in [0.25, 0.3) is 0 Å². The molecule has 2 aromatic rings. The van der Waals surface area contributed by atoms with Crippen LogP contribution < -0.4 is 15.4 Å². The molecule has 0 aromatic heterocycles. The first-order valence-electron chi connectivity index (χ1n) is 7.91. The SMILES string of the molecule is CCOc1cccc(C(C)NC(=O)NCc2ccccc2C)c1. The maximum Gasteiger partial charge on any atom is 0.315 e. The van der Waals surface area contributed by atoms with Crippen molar-refractivity contribution in [3.05, 3.63) is 65.2 Å². The summed E-state index contributed by atoms with van der Waals surface area (Å²) in [5, 5.41) is 5.85. The normalized spacial score (nSPS) is 11.6. The Morgan fingerprint density at radius 2 is 1.96 bits per heavy atom. The smallest absolute Gasteiger partial charge is 0.315 e. The monoisotopic (exact) mass is 312 g/mol. The summed E-state index contributed by atoms with van der Waals surface area (Å²) >= 11 is 0. The van der Waals surface area contributed by atoms with E-state index in [0.29, 0.717) is 13.2 Å². The summed E-state index contributed by atoms with van der Waals surface area (Å²) in [7, 11) is 0. The van der Waals surface area contributed by atoms with Gasteiger partial charge in [-0.3, -0.25) is 0 Å². The van der Waals surface area contributed by atoms with Crippen LogP contribution in [0.2, 0.25) is 0 Å². The van der Waals surface area contributed by atoms with Crippen molar-refractivity contribution in [2.24, 2.45) is 0 Å². The van der Waals surface area contributed by atoms with Gasteiger partial charge >= 0.3 is 6.03 Å². The molecule has 4 heteroatoms. The number of hydrogen-bond acceptors (Lipinski definition) is 2. The first kappa shape index (κ1) is 16.9. The van der Waals surface area contributed by atoms with Gasteiger partial charge < -0.3 is 15.4 Å². The number of rotatable bonds is 6. The number of carbonyl (C=O) groups is 1. The van der Waals surface area contributed by atoms with Gasteiger partial charge in [-0.2, -0.15) is 0 Å². The predicted octanol–water partition coefficient (Wildman–Crippen LogP) is 3.95. The van der Waals surface area contributed by atoms with Gasteiger partial charge in [-0.25, -0.2) is 4.79 Å². The third kappa shape index (κ3) is 5.02. The lowest BCUT2D eigenvalue weighted by atomic mass is 10.1. The van der Waals surface area contributed by atoms with E-state index in [1.807, 2.05) is 69.3 Å². The van der Waals surface area contributed by atoms with Crippen LogP contribution in [0.15, 0.2) is 48.5 Å². The van der Waals surface area contributed by atoms with Crippen molar-refractivity contribution in [3.63, 3.8) is 0 Å². The minimum Gasteiger partial charge on any atom is -0.494 e. The van der Waals surface area contributed by atoms with Crippen molar-refractivity contribution >= 4 is 6.03 Å². The Hall–Kier alpha value is -2.49. The van der Waals surface area contributed by atoms with Crippen LogP contribution >= 0.6 is 0 Å². The van der Waals surface area contributed by atoms with Gasteiger partial charge in [0.2, 0.25) is 0 Å².